The van der Waals surface area contributed by atoms with E-state index in [4.69, 9.17) is 16.3 Å². The number of allylic oxidation sites excluding steroid dienone is 4. The van der Waals surface area contributed by atoms with E-state index >= 15 is 0 Å². The highest BCUT2D eigenvalue weighted by Gasteiger charge is 2.44. The molecule has 1 aliphatic rings. The molecule has 0 N–H and O–H groups in total. The van der Waals surface area contributed by atoms with Gasteiger partial charge in [0.05, 0.1) is 15.2 Å². The number of benzene rings is 1. The van der Waals surface area contributed by atoms with Gasteiger partial charge in [-0.3, -0.25) is 0 Å². The normalized spacial score (nSPS) is 16.1. The zero-order chi connectivity index (χ0) is 21.7. The van der Waals surface area contributed by atoms with Gasteiger partial charge >= 0.3 is 0 Å². The van der Waals surface area contributed by atoms with Crippen LogP contribution in [0.2, 0.25) is 36.2 Å². The van der Waals surface area contributed by atoms with Crippen molar-refractivity contribution >= 4 is 32.9 Å². The van der Waals surface area contributed by atoms with Crippen LogP contribution in [0.15, 0.2) is 34.7 Å². The van der Waals surface area contributed by atoms with E-state index in [1.165, 1.54) is 10.8 Å². The number of halogens is 1. The molecule has 0 amide bonds. The zero-order valence-electron chi connectivity index (χ0n) is 19.8. The van der Waals surface area contributed by atoms with Crippen LogP contribution < -0.4 is 9.92 Å². The van der Waals surface area contributed by atoms with E-state index in [2.05, 4.69) is 92.0 Å². The van der Waals surface area contributed by atoms with Crippen molar-refractivity contribution in [2.75, 3.05) is 7.11 Å². The summed E-state index contributed by atoms with van der Waals surface area (Å²) in [6.07, 6.45) is 5.88. The van der Waals surface area contributed by atoms with Gasteiger partial charge in [-0.15, -0.1) is 0 Å². The first-order valence-corrected chi connectivity index (χ1v) is 16.7. The van der Waals surface area contributed by atoms with Crippen LogP contribution in [0.4, 0.5) is 0 Å². The Hall–Kier alpha value is -0.776. The van der Waals surface area contributed by atoms with E-state index in [0.29, 0.717) is 5.04 Å². The van der Waals surface area contributed by atoms with Crippen LogP contribution in [-0.4, -0.2) is 23.3 Å². The third kappa shape index (κ3) is 4.08. The molecule has 0 saturated heterocycles. The number of methoxy groups -OCH3 is 1. The molecule has 2 rings (SSSR count). The predicted octanol–water partition coefficient (Wildman–Crippen LogP) is 7.40. The number of ether oxygens (including phenoxy) is 1. The Kier molecular flexibility index (Phi) is 6.28. The van der Waals surface area contributed by atoms with Gasteiger partial charge in [-0.25, -0.2) is 0 Å². The quantitative estimate of drug-likeness (QED) is 0.448. The molecule has 0 saturated carbocycles. The zero-order valence-corrected chi connectivity index (χ0v) is 22.6. The third-order valence-corrected chi connectivity index (χ3v) is 16.7. The van der Waals surface area contributed by atoms with Crippen LogP contribution in [0.1, 0.15) is 53.5 Å². The number of rotatable bonds is 4. The highest BCUT2D eigenvalue weighted by molar-refractivity contribution is 6.99. The fraction of sp³-hybridized carbons (Fsp3) is 0.583. The first-order valence-electron chi connectivity index (χ1n) is 10.3. The van der Waals surface area contributed by atoms with Crippen molar-refractivity contribution < 1.29 is 4.74 Å². The van der Waals surface area contributed by atoms with Gasteiger partial charge in [0.1, 0.15) is 13.8 Å². The minimum absolute atomic E-state index is 0.0138. The lowest BCUT2D eigenvalue weighted by molar-refractivity contribution is 0.400. The maximum atomic E-state index is 6.64. The first-order chi connectivity index (χ1) is 12.5. The summed E-state index contributed by atoms with van der Waals surface area (Å²) < 4.78 is 6.04. The average Bonchev–Trinajstić information content (AvgIpc) is 3.03. The summed E-state index contributed by atoms with van der Waals surface area (Å²) in [5.74, 6) is 1.04. The molecule has 0 aliphatic heterocycles. The Balaban J connectivity index is 2.78. The number of hydrogen-bond acceptors (Lipinski definition) is 1. The molecule has 4 heteroatoms. The molecular formula is C24H39ClOSi2. The Labute approximate surface area is 180 Å². The second-order valence-corrected chi connectivity index (χ2v) is 21.4. The second-order valence-electron chi connectivity index (χ2n) is 11.3. The Morgan fingerprint density at radius 3 is 2.00 bits per heavy atom. The predicted molar refractivity (Wildman–Crippen MR) is 132 cm³/mol. The molecule has 0 unspecified atom stereocenters. The van der Waals surface area contributed by atoms with Gasteiger partial charge in [-0.1, -0.05) is 102 Å². The minimum atomic E-state index is -1.96. The van der Waals surface area contributed by atoms with E-state index in [0.717, 1.165) is 17.2 Å². The van der Waals surface area contributed by atoms with E-state index < -0.39 is 16.1 Å². The maximum Gasteiger partial charge on any atom is 0.122 e. The molecule has 0 spiro atoms. The highest BCUT2D eigenvalue weighted by atomic mass is 35.5. The fourth-order valence-corrected chi connectivity index (χ4v) is 11.5. The van der Waals surface area contributed by atoms with Gasteiger partial charge in [0.15, 0.2) is 0 Å². The van der Waals surface area contributed by atoms with E-state index in [1.54, 1.807) is 10.4 Å². The van der Waals surface area contributed by atoms with E-state index in [1.807, 2.05) is 7.11 Å². The lowest BCUT2D eigenvalue weighted by Crippen LogP contribution is -2.48. The van der Waals surface area contributed by atoms with Crippen molar-refractivity contribution in [3.63, 3.8) is 0 Å². The largest absolute Gasteiger partial charge is 0.497 e. The fourth-order valence-electron chi connectivity index (χ4n) is 4.08. The summed E-state index contributed by atoms with van der Waals surface area (Å²) in [5.41, 5.74) is 1.19. The van der Waals surface area contributed by atoms with E-state index in [9.17, 15) is 0 Å². The summed E-state index contributed by atoms with van der Waals surface area (Å²) in [6, 6.07) is 4.26. The molecule has 0 heterocycles. The standard InChI is InChI=1S/C24H39ClOSi2/c1-23(2,3)18-15-17(25)16-21(22(18)26-7)27(8,9)19-13-12-14-20(19)28(10,11)24(4,5)6/h12,14-16H,13H2,1-11H3. The maximum absolute atomic E-state index is 6.64. The average molecular weight is 435 g/mol. The van der Waals surface area contributed by atoms with Crippen molar-refractivity contribution in [1.29, 1.82) is 0 Å². The molecule has 0 bridgehead atoms. The van der Waals surface area contributed by atoms with Gasteiger partial charge in [0.25, 0.3) is 0 Å². The topological polar surface area (TPSA) is 9.23 Å². The van der Waals surface area contributed by atoms with Crippen molar-refractivity contribution in [3.05, 3.63) is 45.3 Å². The van der Waals surface area contributed by atoms with Crippen LogP contribution in [0.3, 0.4) is 0 Å². The second kappa shape index (κ2) is 7.48. The summed E-state index contributed by atoms with van der Waals surface area (Å²) in [6.45, 7) is 23.9. The van der Waals surface area contributed by atoms with Gasteiger partial charge in [0, 0.05) is 10.6 Å². The van der Waals surface area contributed by atoms with Crippen molar-refractivity contribution in [3.8, 4) is 5.75 Å². The molecule has 1 aromatic rings. The molecule has 1 aromatic carbocycles. The van der Waals surface area contributed by atoms with Crippen LogP contribution >= 0.6 is 11.6 Å². The number of hydrogen-bond donors (Lipinski definition) is 0. The SMILES string of the molecule is COc1c(C(C)(C)C)cc(Cl)cc1[Si](C)(C)C1=C([Si](C)(C)C(C)(C)C)C=CC1. The first kappa shape index (κ1) is 23.5. The van der Waals surface area contributed by atoms with Gasteiger partial charge in [0.2, 0.25) is 0 Å². The van der Waals surface area contributed by atoms with Crippen LogP contribution in [0, 0.1) is 0 Å². The molecule has 0 aromatic heterocycles. The van der Waals surface area contributed by atoms with Gasteiger partial charge in [-0.2, -0.15) is 0 Å². The van der Waals surface area contributed by atoms with E-state index in [-0.39, 0.29) is 5.41 Å². The molecule has 28 heavy (non-hydrogen) atoms. The smallest absolute Gasteiger partial charge is 0.122 e. The summed E-state index contributed by atoms with van der Waals surface area (Å²) in [7, 11) is -1.77. The molecule has 156 valence electrons. The molecule has 0 radical (unpaired) electrons. The summed E-state index contributed by atoms with van der Waals surface area (Å²) in [4.78, 5) is 0. The molecule has 1 nitrogen and oxygen atoms in total. The van der Waals surface area contributed by atoms with Crippen LogP contribution in [0.5, 0.6) is 5.75 Å². The summed E-state index contributed by atoms with van der Waals surface area (Å²) >= 11 is 6.64. The monoisotopic (exact) mass is 434 g/mol. The van der Waals surface area contributed by atoms with Crippen molar-refractivity contribution in [2.24, 2.45) is 0 Å². The van der Waals surface area contributed by atoms with Crippen molar-refractivity contribution in [2.45, 2.75) is 84.6 Å². The van der Waals surface area contributed by atoms with Crippen LogP contribution in [-0.2, 0) is 5.41 Å². The Morgan fingerprint density at radius 1 is 0.964 bits per heavy atom. The molecule has 0 atom stereocenters. The van der Waals surface area contributed by atoms with Crippen molar-refractivity contribution in [1.82, 2.24) is 0 Å². The lowest BCUT2D eigenvalue weighted by Gasteiger charge is -2.41. The lowest BCUT2D eigenvalue weighted by atomic mass is 9.86. The summed E-state index contributed by atoms with van der Waals surface area (Å²) in [5, 5.41) is 5.79. The minimum Gasteiger partial charge on any atom is -0.497 e. The molecule has 0 fully saturated rings. The Morgan fingerprint density at radius 2 is 1.54 bits per heavy atom. The third-order valence-electron chi connectivity index (χ3n) is 6.97. The van der Waals surface area contributed by atoms with Gasteiger partial charge < -0.3 is 4.74 Å². The molecule has 1 aliphatic carbocycles. The molecular weight excluding hydrogens is 396 g/mol. The Bertz CT molecular complexity index is 818. The highest BCUT2D eigenvalue weighted by Crippen LogP contribution is 2.46. The van der Waals surface area contributed by atoms with Gasteiger partial charge in [-0.05, 0) is 34.2 Å². The van der Waals surface area contributed by atoms with Crippen LogP contribution in [0.25, 0.3) is 0 Å².